The van der Waals surface area contributed by atoms with Crippen LogP contribution >= 0.6 is 0 Å². The third kappa shape index (κ3) is 4.05. The van der Waals surface area contributed by atoms with Gasteiger partial charge in [-0.1, -0.05) is 30.3 Å². The molecule has 1 amide bonds. The first-order chi connectivity index (χ1) is 10.6. The fourth-order valence-corrected chi connectivity index (χ4v) is 2.15. The van der Waals surface area contributed by atoms with Gasteiger partial charge in [0, 0.05) is 18.2 Å². The van der Waals surface area contributed by atoms with Crippen molar-refractivity contribution in [1.29, 1.82) is 0 Å². The molecule has 0 saturated carbocycles. The minimum Gasteiger partial charge on any atom is -0.379 e. The number of amides is 1. The number of carbonyl (C=O) groups is 1. The van der Waals surface area contributed by atoms with Crippen molar-refractivity contribution < 1.29 is 9.72 Å². The Balaban J connectivity index is 1.97. The second kappa shape index (κ2) is 7.21. The van der Waals surface area contributed by atoms with Crippen LogP contribution in [0.4, 0.5) is 11.4 Å². The maximum absolute atomic E-state index is 11.1. The number of hydrogen-bond donors (Lipinski definition) is 2. The van der Waals surface area contributed by atoms with Crippen molar-refractivity contribution in [3.8, 4) is 0 Å². The van der Waals surface area contributed by atoms with Gasteiger partial charge in [0.25, 0.3) is 5.69 Å². The lowest BCUT2D eigenvalue weighted by molar-refractivity contribution is -0.384. The molecule has 114 valence electrons. The summed E-state index contributed by atoms with van der Waals surface area (Å²) in [5.41, 5.74) is 6.74. The Morgan fingerprint density at radius 1 is 1.18 bits per heavy atom. The van der Waals surface area contributed by atoms with E-state index in [2.05, 4.69) is 5.32 Å². The van der Waals surface area contributed by atoms with E-state index in [-0.39, 0.29) is 11.3 Å². The van der Waals surface area contributed by atoms with Gasteiger partial charge in [-0.15, -0.1) is 0 Å². The number of nitro benzene ring substituents is 1. The number of anilines is 1. The van der Waals surface area contributed by atoms with Crippen molar-refractivity contribution in [2.45, 2.75) is 12.8 Å². The second-order valence-electron chi connectivity index (χ2n) is 4.87. The van der Waals surface area contributed by atoms with Gasteiger partial charge in [0.2, 0.25) is 5.91 Å². The fraction of sp³-hybridized carbons (Fsp3) is 0.188. The second-order valence-corrected chi connectivity index (χ2v) is 4.87. The lowest BCUT2D eigenvalue weighted by atomic mass is 10.1. The van der Waals surface area contributed by atoms with E-state index in [4.69, 9.17) is 5.73 Å². The van der Waals surface area contributed by atoms with Gasteiger partial charge in [0.15, 0.2) is 0 Å². The summed E-state index contributed by atoms with van der Waals surface area (Å²) in [5, 5.41) is 14.1. The molecule has 0 fully saturated rings. The molecule has 0 aliphatic carbocycles. The topological polar surface area (TPSA) is 98.3 Å². The molecule has 6 nitrogen and oxygen atoms in total. The summed E-state index contributed by atoms with van der Waals surface area (Å²) in [5.74, 6) is -0.682. The Morgan fingerprint density at radius 3 is 2.55 bits per heavy atom. The van der Waals surface area contributed by atoms with Gasteiger partial charge in [-0.05, 0) is 30.5 Å². The Labute approximate surface area is 128 Å². The third-order valence-electron chi connectivity index (χ3n) is 3.28. The molecule has 0 heterocycles. The molecular formula is C16H17N3O3. The SMILES string of the molecule is NC(=O)c1ccc(NCCCc2ccccc2)c([N+](=O)[O-])c1. The van der Waals surface area contributed by atoms with E-state index in [0.29, 0.717) is 12.2 Å². The first-order valence-electron chi connectivity index (χ1n) is 6.94. The molecule has 3 N–H and O–H groups in total. The van der Waals surface area contributed by atoms with Gasteiger partial charge < -0.3 is 11.1 Å². The molecule has 2 rings (SSSR count). The summed E-state index contributed by atoms with van der Waals surface area (Å²) in [6, 6.07) is 14.2. The molecular weight excluding hydrogens is 282 g/mol. The summed E-state index contributed by atoms with van der Waals surface area (Å²) >= 11 is 0. The van der Waals surface area contributed by atoms with Crippen LogP contribution in [0.5, 0.6) is 0 Å². The molecule has 0 aliphatic heterocycles. The molecule has 0 atom stereocenters. The number of rotatable bonds is 7. The maximum atomic E-state index is 11.1. The molecule has 0 unspecified atom stereocenters. The number of benzene rings is 2. The lowest BCUT2D eigenvalue weighted by Crippen LogP contribution is -2.12. The molecule has 0 bridgehead atoms. The standard InChI is InChI=1S/C16H17N3O3/c17-16(20)13-8-9-14(15(11-13)19(21)22)18-10-4-7-12-5-2-1-3-6-12/h1-3,5-6,8-9,11,18H,4,7,10H2,(H2,17,20). The number of nitrogens with two attached hydrogens (primary N) is 1. The maximum Gasteiger partial charge on any atom is 0.293 e. The zero-order valence-corrected chi connectivity index (χ0v) is 12.0. The van der Waals surface area contributed by atoms with Gasteiger partial charge in [0.1, 0.15) is 5.69 Å². The quantitative estimate of drug-likeness (QED) is 0.466. The van der Waals surface area contributed by atoms with Crippen molar-refractivity contribution >= 4 is 17.3 Å². The van der Waals surface area contributed by atoms with Gasteiger partial charge in [-0.3, -0.25) is 14.9 Å². The number of nitrogens with one attached hydrogen (secondary N) is 1. The Hall–Kier alpha value is -2.89. The predicted molar refractivity (Wildman–Crippen MR) is 84.9 cm³/mol. The zero-order valence-electron chi connectivity index (χ0n) is 12.0. The van der Waals surface area contributed by atoms with Gasteiger partial charge in [-0.2, -0.15) is 0 Å². The molecule has 6 heteroatoms. The van der Waals surface area contributed by atoms with Crippen LogP contribution < -0.4 is 11.1 Å². The van der Waals surface area contributed by atoms with Gasteiger partial charge in [0.05, 0.1) is 4.92 Å². The van der Waals surface area contributed by atoms with E-state index in [1.165, 1.54) is 23.8 Å². The molecule has 22 heavy (non-hydrogen) atoms. The first-order valence-corrected chi connectivity index (χ1v) is 6.94. The van der Waals surface area contributed by atoms with Crippen LogP contribution in [0.3, 0.4) is 0 Å². The molecule has 0 spiro atoms. The highest BCUT2D eigenvalue weighted by Crippen LogP contribution is 2.25. The Kier molecular flexibility index (Phi) is 5.08. The average molecular weight is 299 g/mol. The monoisotopic (exact) mass is 299 g/mol. The van der Waals surface area contributed by atoms with Crippen molar-refractivity contribution in [2.75, 3.05) is 11.9 Å². The number of primary amides is 1. The average Bonchev–Trinajstić information content (AvgIpc) is 2.52. The number of hydrogen-bond acceptors (Lipinski definition) is 4. The van der Waals surface area contributed by atoms with Crippen LogP contribution in [0, 0.1) is 10.1 Å². The first kappa shape index (κ1) is 15.5. The summed E-state index contributed by atoms with van der Waals surface area (Å²) in [6.45, 7) is 0.603. The largest absolute Gasteiger partial charge is 0.379 e. The van der Waals surface area contributed by atoms with E-state index < -0.39 is 10.8 Å². The molecule has 0 saturated heterocycles. The Morgan fingerprint density at radius 2 is 1.91 bits per heavy atom. The molecule has 0 aromatic heterocycles. The highest BCUT2D eigenvalue weighted by molar-refractivity contribution is 5.94. The van der Waals surface area contributed by atoms with Gasteiger partial charge >= 0.3 is 0 Å². The number of aryl methyl sites for hydroxylation is 1. The third-order valence-corrected chi connectivity index (χ3v) is 3.28. The van der Waals surface area contributed by atoms with Crippen LogP contribution in [0.15, 0.2) is 48.5 Å². The van der Waals surface area contributed by atoms with E-state index in [1.54, 1.807) is 0 Å². The minimum absolute atomic E-state index is 0.126. The number of nitro groups is 1. The summed E-state index contributed by atoms with van der Waals surface area (Å²) in [6.07, 6.45) is 1.74. The highest BCUT2D eigenvalue weighted by atomic mass is 16.6. The predicted octanol–water partition coefficient (Wildman–Crippen LogP) is 2.74. The summed E-state index contributed by atoms with van der Waals surface area (Å²) < 4.78 is 0. The lowest BCUT2D eigenvalue weighted by Gasteiger charge is -2.08. The van der Waals surface area contributed by atoms with Gasteiger partial charge in [-0.25, -0.2) is 0 Å². The van der Waals surface area contributed by atoms with E-state index in [0.717, 1.165) is 12.8 Å². The fourth-order valence-electron chi connectivity index (χ4n) is 2.15. The minimum atomic E-state index is -0.682. The summed E-state index contributed by atoms with van der Waals surface area (Å²) in [7, 11) is 0. The number of nitrogens with zero attached hydrogens (tertiary/aromatic N) is 1. The van der Waals surface area contributed by atoms with Crippen molar-refractivity contribution in [3.05, 3.63) is 69.8 Å². The van der Waals surface area contributed by atoms with E-state index in [1.807, 2.05) is 30.3 Å². The molecule has 0 radical (unpaired) electrons. The van der Waals surface area contributed by atoms with Crippen LogP contribution in [0.1, 0.15) is 22.3 Å². The molecule has 0 aliphatic rings. The van der Waals surface area contributed by atoms with Crippen LogP contribution in [0.2, 0.25) is 0 Å². The Bertz CT molecular complexity index is 672. The van der Waals surface area contributed by atoms with Crippen LogP contribution in [-0.4, -0.2) is 17.4 Å². The number of carbonyl (C=O) groups excluding carboxylic acids is 1. The summed E-state index contributed by atoms with van der Waals surface area (Å²) in [4.78, 5) is 21.6. The van der Waals surface area contributed by atoms with Crippen molar-refractivity contribution in [3.63, 3.8) is 0 Å². The van der Waals surface area contributed by atoms with Crippen LogP contribution in [0.25, 0.3) is 0 Å². The molecule has 2 aromatic rings. The normalized spacial score (nSPS) is 10.2. The zero-order chi connectivity index (χ0) is 15.9. The highest BCUT2D eigenvalue weighted by Gasteiger charge is 2.16. The molecule has 2 aromatic carbocycles. The van der Waals surface area contributed by atoms with Crippen LogP contribution in [-0.2, 0) is 6.42 Å². The van der Waals surface area contributed by atoms with Crippen molar-refractivity contribution in [2.24, 2.45) is 5.73 Å². The smallest absolute Gasteiger partial charge is 0.293 e. The van der Waals surface area contributed by atoms with Crippen molar-refractivity contribution in [1.82, 2.24) is 0 Å². The van der Waals surface area contributed by atoms with E-state index >= 15 is 0 Å². The van der Waals surface area contributed by atoms with E-state index in [9.17, 15) is 14.9 Å².